The fourth-order valence-corrected chi connectivity index (χ4v) is 1.01. The number of esters is 1. The zero-order valence-corrected chi connectivity index (χ0v) is 8.59. The number of halogens is 4. The minimum absolute atomic E-state index is 0.230. The third-order valence-electron chi connectivity index (χ3n) is 1.44. The van der Waals surface area contributed by atoms with E-state index in [1.807, 2.05) is 0 Å². The van der Waals surface area contributed by atoms with Crippen molar-refractivity contribution in [2.24, 2.45) is 0 Å². The van der Waals surface area contributed by atoms with Gasteiger partial charge < -0.3 is 9.47 Å². The number of methoxy groups -OCH3 is 1. The lowest BCUT2D eigenvalue weighted by molar-refractivity contribution is -0.276. The van der Waals surface area contributed by atoms with Gasteiger partial charge >= 0.3 is 12.3 Å². The van der Waals surface area contributed by atoms with Crippen LogP contribution in [0.15, 0.2) is 12.1 Å². The zero-order valence-electron chi connectivity index (χ0n) is 7.84. The standard InChI is InChI=1S/C8H5ClF3NO3/c1-15-7(14)4-2-3-5(9)13-6(4)16-8(10,11)12/h2-3H,1H3. The first-order chi connectivity index (χ1) is 7.33. The van der Waals surface area contributed by atoms with Crippen LogP contribution in [0.4, 0.5) is 13.2 Å². The van der Waals surface area contributed by atoms with Gasteiger partial charge in [-0.3, -0.25) is 0 Å². The predicted molar refractivity (Wildman–Crippen MR) is 47.3 cm³/mol. The lowest BCUT2D eigenvalue weighted by Gasteiger charge is -2.10. The number of pyridine rings is 1. The molecule has 8 heteroatoms. The summed E-state index contributed by atoms with van der Waals surface area (Å²) in [5, 5.41) is -0.230. The molecule has 0 N–H and O–H groups in total. The zero-order chi connectivity index (χ0) is 12.3. The molecule has 0 saturated heterocycles. The van der Waals surface area contributed by atoms with Crippen molar-refractivity contribution >= 4 is 17.6 Å². The Balaban J connectivity index is 3.13. The summed E-state index contributed by atoms with van der Waals surface area (Å²) in [6, 6.07) is 2.18. The first kappa shape index (κ1) is 12.6. The van der Waals surface area contributed by atoms with E-state index in [0.717, 1.165) is 19.2 Å². The Hall–Kier alpha value is -1.50. The number of nitrogens with zero attached hydrogens (tertiary/aromatic N) is 1. The van der Waals surface area contributed by atoms with Gasteiger partial charge in [-0.15, -0.1) is 13.2 Å². The van der Waals surface area contributed by atoms with Crippen LogP contribution in [-0.4, -0.2) is 24.4 Å². The van der Waals surface area contributed by atoms with E-state index in [-0.39, 0.29) is 5.15 Å². The van der Waals surface area contributed by atoms with Gasteiger partial charge in [0, 0.05) is 0 Å². The van der Waals surface area contributed by atoms with Gasteiger partial charge in [-0.05, 0) is 12.1 Å². The van der Waals surface area contributed by atoms with Crippen LogP contribution in [0.25, 0.3) is 0 Å². The summed E-state index contributed by atoms with van der Waals surface area (Å²) in [5.41, 5.74) is -0.454. The highest BCUT2D eigenvalue weighted by Gasteiger charge is 2.34. The lowest BCUT2D eigenvalue weighted by Crippen LogP contribution is -2.20. The molecule has 0 unspecified atom stereocenters. The van der Waals surface area contributed by atoms with Crippen molar-refractivity contribution in [2.45, 2.75) is 6.36 Å². The topological polar surface area (TPSA) is 48.4 Å². The van der Waals surface area contributed by atoms with E-state index < -0.39 is 23.8 Å². The monoisotopic (exact) mass is 255 g/mol. The Morgan fingerprint density at radius 1 is 1.44 bits per heavy atom. The van der Waals surface area contributed by atoms with Crippen molar-refractivity contribution in [2.75, 3.05) is 7.11 Å². The van der Waals surface area contributed by atoms with Crippen LogP contribution in [0, 0.1) is 0 Å². The summed E-state index contributed by atoms with van der Waals surface area (Å²) in [5.74, 6) is -1.93. The molecule has 0 atom stereocenters. The molecule has 1 aromatic rings. The molecule has 0 aliphatic heterocycles. The van der Waals surface area contributed by atoms with Gasteiger partial charge in [0.15, 0.2) is 0 Å². The maximum Gasteiger partial charge on any atom is 0.574 e. The summed E-state index contributed by atoms with van der Waals surface area (Å²) in [6.07, 6.45) is -4.96. The van der Waals surface area contributed by atoms with Gasteiger partial charge in [-0.1, -0.05) is 11.6 Å². The summed E-state index contributed by atoms with van der Waals surface area (Å²) < 4.78 is 43.7. The average Bonchev–Trinajstić information content (AvgIpc) is 2.14. The molecule has 1 heterocycles. The molecule has 1 rings (SSSR count). The van der Waals surface area contributed by atoms with Crippen LogP contribution in [-0.2, 0) is 4.74 Å². The fourth-order valence-electron chi connectivity index (χ4n) is 0.871. The molecular formula is C8H5ClF3NO3. The molecule has 4 nitrogen and oxygen atoms in total. The average molecular weight is 256 g/mol. The van der Waals surface area contributed by atoms with Crippen LogP contribution in [0.3, 0.4) is 0 Å². The molecule has 16 heavy (non-hydrogen) atoms. The van der Waals surface area contributed by atoms with Crippen LogP contribution in [0.1, 0.15) is 10.4 Å². The quantitative estimate of drug-likeness (QED) is 0.601. The highest BCUT2D eigenvalue weighted by molar-refractivity contribution is 6.29. The molecule has 0 spiro atoms. The molecule has 0 amide bonds. The van der Waals surface area contributed by atoms with E-state index in [9.17, 15) is 18.0 Å². The molecular weight excluding hydrogens is 251 g/mol. The number of rotatable bonds is 2. The largest absolute Gasteiger partial charge is 0.574 e. The van der Waals surface area contributed by atoms with Gasteiger partial charge in [0.2, 0.25) is 5.88 Å². The molecule has 0 bridgehead atoms. The maximum atomic E-state index is 12.0. The van der Waals surface area contributed by atoms with E-state index >= 15 is 0 Å². The van der Waals surface area contributed by atoms with E-state index in [0.29, 0.717) is 0 Å². The maximum absolute atomic E-state index is 12.0. The molecule has 0 aromatic carbocycles. The predicted octanol–water partition coefficient (Wildman–Crippen LogP) is 2.42. The Kier molecular flexibility index (Phi) is 3.58. The Bertz CT molecular complexity index is 408. The molecule has 0 aliphatic rings. The number of carbonyl (C=O) groups is 1. The first-order valence-corrected chi connectivity index (χ1v) is 4.22. The first-order valence-electron chi connectivity index (χ1n) is 3.84. The van der Waals surface area contributed by atoms with Gasteiger partial charge in [0.1, 0.15) is 10.7 Å². The number of alkyl halides is 3. The van der Waals surface area contributed by atoms with E-state index in [2.05, 4.69) is 14.5 Å². The molecule has 0 saturated carbocycles. The Labute approximate surface area is 92.9 Å². The van der Waals surface area contributed by atoms with Crippen molar-refractivity contribution in [3.63, 3.8) is 0 Å². The smallest absolute Gasteiger partial charge is 0.465 e. The van der Waals surface area contributed by atoms with Crippen molar-refractivity contribution in [3.8, 4) is 5.88 Å². The summed E-state index contributed by atoms with van der Waals surface area (Å²) in [6.45, 7) is 0. The normalized spacial score (nSPS) is 11.1. The van der Waals surface area contributed by atoms with Crippen molar-refractivity contribution < 1.29 is 27.4 Å². The van der Waals surface area contributed by atoms with Gasteiger partial charge in [0.25, 0.3) is 0 Å². The van der Waals surface area contributed by atoms with Crippen molar-refractivity contribution in [3.05, 3.63) is 22.8 Å². The Morgan fingerprint density at radius 3 is 2.56 bits per heavy atom. The second-order valence-electron chi connectivity index (χ2n) is 2.53. The minimum atomic E-state index is -4.96. The Morgan fingerprint density at radius 2 is 2.06 bits per heavy atom. The third kappa shape index (κ3) is 3.27. The molecule has 0 radical (unpaired) electrons. The van der Waals surface area contributed by atoms with Gasteiger partial charge in [-0.2, -0.15) is 0 Å². The van der Waals surface area contributed by atoms with Crippen LogP contribution < -0.4 is 4.74 Å². The summed E-state index contributed by atoms with van der Waals surface area (Å²) in [4.78, 5) is 14.3. The summed E-state index contributed by atoms with van der Waals surface area (Å²) >= 11 is 5.38. The number of ether oxygens (including phenoxy) is 2. The number of aromatic nitrogens is 1. The lowest BCUT2D eigenvalue weighted by atomic mass is 10.3. The highest BCUT2D eigenvalue weighted by atomic mass is 35.5. The van der Waals surface area contributed by atoms with Crippen LogP contribution in [0.5, 0.6) is 5.88 Å². The molecule has 1 aromatic heterocycles. The number of hydrogen-bond acceptors (Lipinski definition) is 4. The van der Waals surface area contributed by atoms with Gasteiger partial charge in [0.05, 0.1) is 7.11 Å². The SMILES string of the molecule is COC(=O)c1ccc(Cl)nc1OC(F)(F)F. The van der Waals surface area contributed by atoms with Crippen LogP contribution in [0.2, 0.25) is 5.15 Å². The van der Waals surface area contributed by atoms with Gasteiger partial charge in [-0.25, -0.2) is 9.78 Å². The minimum Gasteiger partial charge on any atom is -0.465 e. The van der Waals surface area contributed by atoms with Crippen molar-refractivity contribution in [1.82, 2.24) is 4.98 Å². The van der Waals surface area contributed by atoms with E-state index in [4.69, 9.17) is 11.6 Å². The molecule has 0 aliphatic carbocycles. The van der Waals surface area contributed by atoms with E-state index in [1.165, 1.54) is 0 Å². The summed E-state index contributed by atoms with van der Waals surface area (Å²) in [7, 11) is 1.02. The third-order valence-corrected chi connectivity index (χ3v) is 1.65. The van der Waals surface area contributed by atoms with Crippen molar-refractivity contribution in [1.29, 1.82) is 0 Å². The highest BCUT2D eigenvalue weighted by Crippen LogP contribution is 2.26. The second kappa shape index (κ2) is 4.56. The molecule has 0 fully saturated rings. The van der Waals surface area contributed by atoms with Crippen LogP contribution >= 0.6 is 11.6 Å². The second-order valence-corrected chi connectivity index (χ2v) is 2.91. The fraction of sp³-hybridized carbons (Fsp3) is 0.250. The molecule has 88 valence electrons. The number of hydrogen-bond donors (Lipinski definition) is 0. The van der Waals surface area contributed by atoms with E-state index in [1.54, 1.807) is 0 Å². The number of carbonyl (C=O) groups excluding carboxylic acids is 1.